The van der Waals surface area contributed by atoms with Crippen LogP contribution in [0.25, 0.3) is 0 Å². The molecular formula is C44H78N2O7. The van der Waals surface area contributed by atoms with Gasteiger partial charge in [0.25, 0.3) is 0 Å². The monoisotopic (exact) mass is 747 g/mol. The molecule has 0 rings (SSSR count). The summed E-state index contributed by atoms with van der Waals surface area (Å²) in [4.78, 5) is 47.5. The topological polar surface area (TPSA) is 142 Å². The Balaban J connectivity index is 4.30. The average molecular weight is 747 g/mol. The molecule has 306 valence electrons. The second-order valence-corrected chi connectivity index (χ2v) is 14.4. The molecule has 2 atom stereocenters. The van der Waals surface area contributed by atoms with E-state index in [-0.39, 0.29) is 24.5 Å². The van der Waals surface area contributed by atoms with Crippen molar-refractivity contribution in [1.29, 1.82) is 0 Å². The third-order valence-corrected chi connectivity index (χ3v) is 9.40. The van der Waals surface area contributed by atoms with Crippen molar-refractivity contribution >= 4 is 23.8 Å². The van der Waals surface area contributed by atoms with Crippen molar-refractivity contribution in [3.63, 3.8) is 0 Å². The summed E-state index contributed by atoms with van der Waals surface area (Å²) < 4.78 is 6.01. The minimum Gasteiger partial charge on any atom is -0.480 e. The van der Waals surface area contributed by atoms with Crippen molar-refractivity contribution in [1.82, 2.24) is 10.6 Å². The molecule has 2 amide bonds. The first kappa shape index (κ1) is 50.1. The van der Waals surface area contributed by atoms with Crippen molar-refractivity contribution in [2.45, 2.75) is 206 Å². The first-order valence-electron chi connectivity index (χ1n) is 21.4. The molecule has 0 aromatic carbocycles. The predicted octanol–water partition coefficient (Wildman–Crippen LogP) is 10.2. The summed E-state index contributed by atoms with van der Waals surface area (Å²) in [5.41, 5.74) is 0. The summed E-state index contributed by atoms with van der Waals surface area (Å²) >= 11 is 0. The van der Waals surface area contributed by atoms with Gasteiger partial charge in [-0.25, -0.2) is 4.79 Å². The van der Waals surface area contributed by atoms with E-state index in [2.05, 4.69) is 60.9 Å². The maximum atomic E-state index is 12.8. The van der Waals surface area contributed by atoms with Crippen molar-refractivity contribution in [3.05, 3.63) is 36.5 Å². The second-order valence-electron chi connectivity index (χ2n) is 14.4. The van der Waals surface area contributed by atoms with E-state index in [4.69, 9.17) is 14.9 Å². The normalized spacial score (nSPS) is 12.8. The summed E-state index contributed by atoms with van der Waals surface area (Å²) in [7, 11) is 0. The van der Waals surface area contributed by atoms with Gasteiger partial charge in [0.1, 0.15) is 12.1 Å². The lowest BCUT2D eigenvalue weighted by molar-refractivity contribution is -0.150. The number of carboxylic acids is 1. The summed E-state index contributed by atoms with van der Waals surface area (Å²) in [6.07, 6.45) is 43.1. The Morgan fingerprint density at radius 1 is 0.585 bits per heavy atom. The number of ether oxygens (including phenoxy) is 1. The van der Waals surface area contributed by atoms with Crippen LogP contribution < -0.4 is 10.6 Å². The third kappa shape index (κ3) is 35.8. The van der Waals surface area contributed by atoms with Crippen LogP contribution in [0.4, 0.5) is 0 Å². The molecule has 0 saturated heterocycles. The van der Waals surface area contributed by atoms with Crippen LogP contribution in [0.3, 0.4) is 0 Å². The maximum absolute atomic E-state index is 12.8. The number of aliphatic hydroxyl groups is 1. The Labute approximate surface area is 323 Å². The van der Waals surface area contributed by atoms with Gasteiger partial charge in [0.15, 0.2) is 0 Å². The number of carboxylic acid groups (broad SMARTS) is 1. The zero-order valence-corrected chi connectivity index (χ0v) is 33.8. The molecule has 53 heavy (non-hydrogen) atoms. The van der Waals surface area contributed by atoms with Crippen molar-refractivity contribution < 1.29 is 34.1 Å². The van der Waals surface area contributed by atoms with Crippen LogP contribution in [-0.4, -0.2) is 59.3 Å². The van der Waals surface area contributed by atoms with E-state index in [0.717, 1.165) is 89.9 Å². The summed E-state index contributed by atoms with van der Waals surface area (Å²) in [6.45, 7) is 3.37. The van der Waals surface area contributed by atoms with E-state index < -0.39 is 24.5 Å². The first-order chi connectivity index (χ1) is 25.8. The molecule has 0 radical (unpaired) electrons. The number of aliphatic carboxylic acids is 1. The summed E-state index contributed by atoms with van der Waals surface area (Å²) in [6, 6.07) is -1.38. The highest BCUT2D eigenvalue weighted by Crippen LogP contribution is 2.19. The lowest BCUT2D eigenvalue weighted by Gasteiger charge is -2.18. The molecule has 0 aliphatic rings. The fourth-order valence-electron chi connectivity index (χ4n) is 6.14. The minimum absolute atomic E-state index is 0.0190. The van der Waals surface area contributed by atoms with Gasteiger partial charge in [0.2, 0.25) is 11.8 Å². The van der Waals surface area contributed by atoms with Crippen molar-refractivity contribution in [3.8, 4) is 0 Å². The van der Waals surface area contributed by atoms with Crippen LogP contribution >= 0.6 is 0 Å². The molecule has 0 aliphatic heterocycles. The van der Waals surface area contributed by atoms with Gasteiger partial charge in [0, 0.05) is 12.8 Å². The van der Waals surface area contributed by atoms with Crippen molar-refractivity contribution in [2.24, 2.45) is 0 Å². The van der Waals surface area contributed by atoms with Crippen LogP contribution in [-0.2, 0) is 23.9 Å². The molecule has 9 nitrogen and oxygen atoms in total. The highest BCUT2D eigenvalue weighted by Gasteiger charge is 2.19. The smallest absolute Gasteiger partial charge is 0.328 e. The SMILES string of the molecule is CC/C=C\C/C=C\C/C=C\CCCCCCCC(=O)OC(CCCCCCCCCCCC)CCCCCCCC(=O)NCC(=O)NC(CO)C(=O)O. The van der Waals surface area contributed by atoms with Gasteiger partial charge in [-0.2, -0.15) is 0 Å². The van der Waals surface area contributed by atoms with Gasteiger partial charge in [-0.1, -0.05) is 147 Å². The number of allylic oxidation sites excluding steroid dienone is 6. The largest absolute Gasteiger partial charge is 0.480 e. The molecule has 9 heteroatoms. The van der Waals surface area contributed by atoms with Crippen molar-refractivity contribution in [2.75, 3.05) is 13.2 Å². The summed E-state index contributed by atoms with van der Waals surface area (Å²) in [5, 5.41) is 22.5. The predicted molar refractivity (Wildman–Crippen MR) is 218 cm³/mol. The van der Waals surface area contributed by atoms with Gasteiger partial charge in [-0.3, -0.25) is 14.4 Å². The molecule has 4 N–H and O–H groups in total. The first-order valence-corrected chi connectivity index (χ1v) is 21.4. The van der Waals surface area contributed by atoms with E-state index in [9.17, 15) is 19.2 Å². The Hall–Kier alpha value is -2.94. The number of hydrogen-bond donors (Lipinski definition) is 4. The fourth-order valence-corrected chi connectivity index (χ4v) is 6.14. The van der Waals surface area contributed by atoms with Gasteiger partial charge in [0.05, 0.1) is 13.2 Å². The molecule has 0 bridgehead atoms. The van der Waals surface area contributed by atoms with E-state index in [1.54, 1.807) is 0 Å². The zero-order chi connectivity index (χ0) is 39.0. The van der Waals surface area contributed by atoms with Gasteiger partial charge in [-0.05, 0) is 70.6 Å². The van der Waals surface area contributed by atoms with E-state index in [0.29, 0.717) is 19.3 Å². The zero-order valence-electron chi connectivity index (χ0n) is 33.8. The Morgan fingerprint density at radius 2 is 1.08 bits per heavy atom. The highest BCUT2D eigenvalue weighted by molar-refractivity contribution is 5.87. The average Bonchev–Trinajstić information content (AvgIpc) is 3.14. The minimum atomic E-state index is -1.38. The lowest BCUT2D eigenvalue weighted by Crippen LogP contribution is -2.47. The lowest BCUT2D eigenvalue weighted by atomic mass is 10.0. The molecule has 0 saturated carbocycles. The number of carbonyl (C=O) groups is 4. The van der Waals surface area contributed by atoms with Gasteiger partial charge < -0.3 is 25.6 Å². The Bertz CT molecular complexity index is 994. The number of rotatable bonds is 38. The van der Waals surface area contributed by atoms with Crippen LogP contribution in [0, 0.1) is 0 Å². The molecular weight excluding hydrogens is 668 g/mol. The number of aliphatic hydroxyl groups excluding tert-OH is 1. The number of unbranched alkanes of at least 4 members (excludes halogenated alkanes) is 18. The molecule has 0 aliphatic carbocycles. The van der Waals surface area contributed by atoms with Crippen LogP contribution in [0.5, 0.6) is 0 Å². The number of amides is 2. The van der Waals surface area contributed by atoms with E-state index >= 15 is 0 Å². The van der Waals surface area contributed by atoms with Crippen LogP contribution in [0.1, 0.15) is 194 Å². The molecule has 0 fully saturated rings. The van der Waals surface area contributed by atoms with Crippen LogP contribution in [0.2, 0.25) is 0 Å². The highest BCUT2D eigenvalue weighted by atomic mass is 16.5. The van der Waals surface area contributed by atoms with Gasteiger partial charge in [-0.15, -0.1) is 0 Å². The standard InChI is InChI=1S/C44H78N2O7/c1-3-5-7-9-11-13-15-16-17-18-19-21-23-28-32-36-43(50)53-39(33-29-25-22-20-14-12-10-8-6-4-2)34-30-26-24-27-31-35-41(48)45-37-42(49)46-40(38-47)44(51)52/h5,7,11,13,16-17,39-40,47H,3-4,6,8-10,12,14-15,18-38H2,1-2H3,(H,45,48)(H,46,49)(H,51,52)/b7-5-,13-11-,17-16-. The van der Waals surface area contributed by atoms with Gasteiger partial charge >= 0.3 is 11.9 Å². The quantitative estimate of drug-likeness (QED) is 0.0280. The van der Waals surface area contributed by atoms with E-state index in [1.807, 2.05) is 0 Å². The molecule has 2 unspecified atom stereocenters. The Morgan fingerprint density at radius 3 is 1.62 bits per heavy atom. The number of carbonyl (C=O) groups excluding carboxylic acids is 3. The molecule has 0 heterocycles. The number of nitrogens with one attached hydrogen (secondary N) is 2. The third-order valence-electron chi connectivity index (χ3n) is 9.40. The second kappa shape index (κ2) is 38.8. The Kier molecular flexibility index (Phi) is 36.6. The molecule has 0 aromatic rings. The van der Waals surface area contributed by atoms with E-state index in [1.165, 1.54) is 70.6 Å². The van der Waals surface area contributed by atoms with Crippen LogP contribution in [0.15, 0.2) is 36.5 Å². The molecule has 0 spiro atoms. The maximum Gasteiger partial charge on any atom is 0.328 e. The molecule has 0 aromatic heterocycles. The fraction of sp³-hybridized carbons (Fsp3) is 0.773. The number of esters is 1. The summed E-state index contributed by atoms with van der Waals surface area (Å²) in [5.74, 6) is -2.31. The number of hydrogen-bond acceptors (Lipinski definition) is 6.